The molecule has 0 N–H and O–H groups in total. The molecule has 1 rings (SSSR count). The van der Waals surface area contributed by atoms with E-state index in [1.807, 2.05) is 5.40 Å². The number of thiocyanates is 1. The Hall–Kier alpha value is -0.0500. The number of aromatic nitrogens is 1. The lowest BCUT2D eigenvalue weighted by atomic mass is 10.3. The first kappa shape index (κ1) is 14.0. The normalized spacial score (nSPS) is 10.9. The van der Waals surface area contributed by atoms with Gasteiger partial charge in [-0.3, -0.25) is 0 Å². The molecule has 0 amide bonds. The first-order valence-electron chi connectivity index (χ1n) is 3.82. The van der Waals surface area contributed by atoms with E-state index in [9.17, 15) is 0 Å². The summed E-state index contributed by atoms with van der Waals surface area (Å²) in [5, 5.41) is 10.3. The largest absolute Gasteiger partial charge is 0.465 e. The Balaban J connectivity index is 2.87. The van der Waals surface area contributed by atoms with E-state index in [1.165, 1.54) is 12.1 Å². The van der Waals surface area contributed by atoms with Crippen LogP contribution in [0.1, 0.15) is 5.56 Å². The van der Waals surface area contributed by atoms with E-state index < -0.39 is 3.79 Å². The summed E-state index contributed by atoms with van der Waals surface area (Å²) in [6.07, 6.45) is 0. The molecule has 0 fully saturated rings. The van der Waals surface area contributed by atoms with Crippen LogP contribution in [0, 0.1) is 10.7 Å². The zero-order valence-electron chi connectivity index (χ0n) is 7.58. The lowest BCUT2D eigenvalue weighted by molar-refractivity contribution is 0.377. The second-order valence-corrected chi connectivity index (χ2v) is 5.89. The second kappa shape index (κ2) is 6.04. The zero-order chi connectivity index (χ0) is 12.2. The van der Waals surface area contributed by atoms with Gasteiger partial charge < -0.3 is 4.74 Å². The number of hydrogen-bond acceptors (Lipinski definition) is 4. The predicted octanol–water partition coefficient (Wildman–Crippen LogP) is 4.11. The minimum atomic E-state index is -1.59. The van der Waals surface area contributed by atoms with Gasteiger partial charge in [0.25, 0.3) is 0 Å². The number of nitrogens with zero attached hydrogens (tertiary/aromatic N) is 2. The minimum Gasteiger partial charge on any atom is -0.465 e. The lowest BCUT2D eigenvalue weighted by Gasteiger charge is -2.12. The zero-order valence-corrected chi connectivity index (χ0v) is 11.4. The number of hydrogen-bond donors (Lipinski definition) is 0. The fourth-order valence-corrected chi connectivity index (χ4v) is 1.59. The van der Waals surface area contributed by atoms with Gasteiger partial charge in [-0.25, -0.2) is 4.98 Å². The topological polar surface area (TPSA) is 45.9 Å². The molecule has 0 aromatic carbocycles. The summed E-state index contributed by atoms with van der Waals surface area (Å²) in [6.45, 7) is 0. The maximum Gasteiger partial charge on any atom is 0.216 e. The average molecular weight is 318 g/mol. The van der Waals surface area contributed by atoms with Crippen molar-refractivity contribution in [3.63, 3.8) is 0 Å². The molecule has 0 spiro atoms. The van der Waals surface area contributed by atoms with E-state index in [2.05, 4.69) is 4.98 Å². The molecule has 8 heteroatoms. The van der Waals surface area contributed by atoms with Gasteiger partial charge in [-0.1, -0.05) is 46.4 Å². The van der Waals surface area contributed by atoms with Crippen molar-refractivity contribution in [3.05, 3.63) is 22.8 Å². The van der Waals surface area contributed by atoms with E-state index in [-0.39, 0.29) is 17.0 Å². The molecule has 0 aliphatic heterocycles. The third kappa shape index (κ3) is 4.44. The van der Waals surface area contributed by atoms with Crippen LogP contribution >= 0.6 is 58.2 Å². The average Bonchev–Trinajstić information content (AvgIpc) is 2.16. The predicted molar refractivity (Wildman–Crippen MR) is 67.2 cm³/mol. The molecule has 1 heterocycles. The standard InChI is InChI=1S/C8H4Cl4N2OS/c9-6-1-5(8(10,11)12)2-7(14-6)15-4-16-3-13/h1-2H,4H2. The Morgan fingerprint density at radius 3 is 2.69 bits per heavy atom. The van der Waals surface area contributed by atoms with Gasteiger partial charge in [-0.05, 0) is 17.8 Å². The highest BCUT2D eigenvalue weighted by atomic mass is 35.6. The molecule has 0 unspecified atom stereocenters. The third-order valence-electron chi connectivity index (χ3n) is 1.43. The van der Waals surface area contributed by atoms with Gasteiger partial charge in [0.15, 0.2) is 0 Å². The fraction of sp³-hybridized carbons (Fsp3) is 0.250. The first-order chi connectivity index (χ1) is 7.43. The Labute approximate surface area is 117 Å². The summed E-state index contributed by atoms with van der Waals surface area (Å²) in [4.78, 5) is 3.86. The number of halogens is 4. The summed E-state index contributed by atoms with van der Waals surface area (Å²) in [5.74, 6) is 0.333. The minimum absolute atomic E-state index is 0.128. The quantitative estimate of drug-likeness (QED) is 0.277. The van der Waals surface area contributed by atoms with Gasteiger partial charge >= 0.3 is 0 Å². The SMILES string of the molecule is N#CSCOc1cc(C(Cl)(Cl)Cl)cc(Cl)n1. The second-order valence-electron chi connectivity index (χ2n) is 2.51. The van der Waals surface area contributed by atoms with E-state index in [0.29, 0.717) is 5.56 Å². The molecule has 0 aliphatic rings. The van der Waals surface area contributed by atoms with Crippen LogP contribution in [-0.2, 0) is 3.79 Å². The van der Waals surface area contributed by atoms with Crippen LogP contribution in [0.25, 0.3) is 0 Å². The Bertz CT molecular complexity index is 415. The Morgan fingerprint density at radius 2 is 2.12 bits per heavy atom. The summed E-state index contributed by atoms with van der Waals surface area (Å²) >= 11 is 23.7. The molecule has 1 aromatic heterocycles. The van der Waals surface area contributed by atoms with Crippen molar-refractivity contribution in [2.45, 2.75) is 3.79 Å². The number of nitriles is 1. The van der Waals surface area contributed by atoms with Crippen LogP contribution in [0.3, 0.4) is 0 Å². The van der Waals surface area contributed by atoms with Crippen LogP contribution in [0.15, 0.2) is 12.1 Å². The molecular formula is C8H4Cl4N2OS. The molecule has 0 radical (unpaired) electrons. The first-order valence-corrected chi connectivity index (χ1v) is 6.31. The van der Waals surface area contributed by atoms with Crippen molar-refractivity contribution >= 4 is 58.2 Å². The summed E-state index contributed by atoms with van der Waals surface area (Å²) in [7, 11) is 0. The molecule has 0 saturated heterocycles. The number of rotatable bonds is 3. The summed E-state index contributed by atoms with van der Waals surface area (Å²) in [5.41, 5.74) is 0.356. The molecule has 0 saturated carbocycles. The Kier molecular flexibility index (Phi) is 5.29. The van der Waals surface area contributed by atoms with Crippen molar-refractivity contribution in [1.82, 2.24) is 4.98 Å². The monoisotopic (exact) mass is 316 g/mol. The van der Waals surface area contributed by atoms with Crippen molar-refractivity contribution in [2.24, 2.45) is 0 Å². The van der Waals surface area contributed by atoms with Crippen molar-refractivity contribution in [3.8, 4) is 11.3 Å². The van der Waals surface area contributed by atoms with Crippen molar-refractivity contribution < 1.29 is 4.74 Å². The number of thioether (sulfide) groups is 1. The van der Waals surface area contributed by atoms with Crippen molar-refractivity contribution in [1.29, 1.82) is 5.26 Å². The lowest BCUT2D eigenvalue weighted by Crippen LogP contribution is -2.03. The van der Waals surface area contributed by atoms with Gasteiger partial charge in [-0.15, -0.1) is 0 Å². The summed E-state index contributed by atoms with van der Waals surface area (Å²) in [6, 6.07) is 2.88. The van der Waals surface area contributed by atoms with Gasteiger partial charge in [0.05, 0.1) is 0 Å². The maximum absolute atomic E-state index is 8.31. The van der Waals surface area contributed by atoms with Gasteiger partial charge in [0.1, 0.15) is 16.5 Å². The van der Waals surface area contributed by atoms with E-state index >= 15 is 0 Å². The smallest absolute Gasteiger partial charge is 0.216 e. The van der Waals surface area contributed by atoms with Gasteiger partial charge in [-0.2, -0.15) is 5.26 Å². The number of pyridine rings is 1. The maximum atomic E-state index is 8.31. The third-order valence-corrected chi connectivity index (χ3v) is 2.64. The van der Waals surface area contributed by atoms with Gasteiger partial charge in [0.2, 0.25) is 9.67 Å². The van der Waals surface area contributed by atoms with Crippen LogP contribution in [0.4, 0.5) is 0 Å². The van der Waals surface area contributed by atoms with Crippen LogP contribution in [0.5, 0.6) is 5.88 Å². The molecule has 16 heavy (non-hydrogen) atoms. The molecule has 0 bridgehead atoms. The number of alkyl halides is 3. The number of ether oxygens (including phenoxy) is 1. The van der Waals surface area contributed by atoms with Gasteiger partial charge in [0, 0.05) is 11.6 Å². The highest BCUT2D eigenvalue weighted by Gasteiger charge is 2.24. The Morgan fingerprint density at radius 1 is 1.44 bits per heavy atom. The highest BCUT2D eigenvalue weighted by Crippen LogP contribution is 2.39. The highest BCUT2D eigenvalue weighted by molar-refractivity contribution is 8.03. The van der Waals surface area contributed by atoms with E-state index in [4.69, 9.17) is 56.4 Å². The summed E-state index contributed by atoms with van der Waals surface area (Å²) < 4.78 is 3.54. The molecule has 0 atom stereocenters. The van der Waals surface area contributed by atoms with Crippen LogP contribution < -0.4 is 4.74 Å². The molecule has 0 aliphatic carbocycles. The van der Waals surface area contributed by atoms with Crippen LogP contribution in [-0.4, -0.2) is 10.9 Å². The molecule has 3 nitrogen and oxygen atoms in total. The van der Waals surface area contributed by atoms with Crippen LogP contribution in [0.2, 0.25) is 5.15 Å². The molecule has 1 aromatic rings. The van der Waals surface area contributed by atoms with E-state index in [0.717, 1.165) is 11.8 Å². The van der Waals surface area contributed by atoms with Crippen molar-refractivity contribution in [2.75, 3.05) is 5.94 Å². The van der Waals surface area contributed by atoms with E-state index in [1.54, 1.807) is 0 Å². The molecular weight excluding hydrogens is 314 g/mol. The fourth-order valence-electron chi connectivity index (χ4n) is 0.827. The molecule has 86 valence electrons.